The lowest BCUT2D eigenvalue weighted by atomic mass is 9.98. The van der Waals surface area contributed by atoms with E-state index in [4.69, 9.17) is 0 Å². The molecule has 4 nitrogen and oxygen atoms in total. The summed E-state index contributed by atoms with van der Waals surface area (Å²) >= 11 is 0. The van der Waals surface area contributed by atoms with Gasteiger partial charge in [-0.15, -0.1) is 0 Å². The van der Waals surface area contributed by atoms with Crippen LogP contribution in [0.3, 0.4) is 0 Å². The summed E-state index contributed by atoms with van der Waals surface area (Å²) in [6.45, 7) is 6.86. The maximum absolute atomic E-state index is 12.2. The number of nitrogens with one attached hydrogen (secondary N) is 1. The Morgan fingerprint density at radius 1 is 1.40 bits per heavy atom. The van der Waals surface area contributed by atoms with Crippen LogP contribution in [-0.2, 0) is 4.79 Å². The molecule has 1 aliphatic rings. The third-order valence-corrected chi connectivity index (χ3v) is 3.92. The Labute approximate surface area is 120 Å². The molecule has 0 saturated carbocycles. The molecule has 0 spiro atoms. The van der Waals surface area contributed by atoms with Gasteiger partial charge in [0.15, 0.2) is 0 Å². The van der Waals surface area contributed by atoms with Gasteiger partial charge >= 0.3 is 0 Å². The molecule has 0 radical (unpaired) electrons. The average molecular weight is 276 g/mol. The number of hydrogen-bond donors (Lipinski definition) is 2. The van der Waals surface area contributed by atoms with Crippen LogP contribution < -0.4 is 5.32 Å². The third kappa shape index (κ3) is 3.81. The Morgan fingerprint density at radius 3 is 2.55 bits per heavy atom. The van der Waals surface area contributed by atoms with E-state index in [2.05, 4.69) is 5.32 Å². The van der Waals surface area contributed by atoms with Crippen LogP contribution in [0.5, 0.6) is 0 Å². The Morgan fingerprint density at radius 2 is 2.05 bits per heavy atom. The molecular weight excluding hydrogens is 252 g/mol. The van der Waals surface area contributed by atoms with Gasteiger partial charge in [0.05, 0.1) is 12.6 Å². The van der Waals surface area contributed by atoms with Gasteiger partial charge in [0.25, 0.3) is 0 Å². The normalized spacial score (nSPS) is 16.6. The molecular formula is C16H24N2O2. The molecule has 0 aliphatic carbocycles. The summed E-state index contributed by atoms with van der Waals surface area (Å²) in [6, 6.07) is 7.82. The first-order valence-electron chi connectivity index (χ1n) is 7.33. The number of nitrogens with zero attached hydrogens (tertiary/aromatic N) is 1. The van der Waals surface area contributed by atoms with Crippen molar-refractivity contribution in [1.82, 2.24) is 10.2 Å². The summed E-state index contributed by atoms with van der Waals surface area (Å²) in [6.07, 6.45) is -0.0272. The van der Waals surface area contributed by atoms with Crippen molar-refractivity contribution in [2.45, 2.75) is 26.4 Å². The number of benzene rings is 1. The van der Waals surface area contributed by atoms with Crippen LogP contribution in [0.4, 0.5) is 0 Å². The molecule has 20 heavy (non-hydrogen) atoms. The van der Waals surface area contributed by atoms with E-state index >= 15 is 0 Å². The second-order valence-electron chi connectivity index (χ2n) is 5.59. The highest BCUT2D eigenvalue weighted by Gasteiger charge is 2.24. The van der Waals surface area contributed by atoms with Crippen molar-refractivity contribution in [2.75, 3.05) is 26.2 Å². The largest absolute Gasteiger partial charge is 0.387 e. The van der Waals surface area contributed by atoms with E-state index in [0.717, 1.165) is 18.7 Å². The van der Waals surface area contributed by atoms with Crippen LogP contribution in [-0.4, -0.2) is 42.1 Å². The maximum atomic E-state index is 12.2. The summed E-state index contributed by atoms with van der Waals surface area (Å²) in [5.74, 6) is 0.609. The zero-order chi connectivity index (χ0) is 14.5. The van der Waals surface area contributed by atoms with E-state index < -0.39 is 6.10 Å². The molecule has 1 aliphatic heterocycles. The third-order valence-electron chi connectivity index (χ3n) is 3.92. The SMILES string of the molecule is CCN(CC(O)c1ccc(C)cc1)C(=O)CC1CNC1. The topological polar surface area (TPSA) is 52.6 Å². The van der Waals surface area contributed by atoms with Crippen molar-refractivity contribution >= 4 is 5.91 Å². The Bertz CT molecular complexity index is 440. The summed E-state index contributed by atoms with van der Waals surface area (Å²) in [4.78, 5) is 13.9. The van der Waals surface area contributed by atoms with E-state index in [0.29, 0.717) is 25.4 Å². The zero-order valence-electron chi connectivity index (χ0n) is 12.3. The van der Waals surface area contributed by atoms with Gasteiger partial charge in [-0.3, -0.25) is 4.79 Å². The molecule has 1 aromatic carbocycles. The van der Waals surface area contributed by atoms with E-state index in [9.17, 15) is 9.90 Å². The Balaban J connectivity index is 1.90. The number of carbonyl (C=O) groups excluding carboxylic acids is 1. The van der Waals surface area contributed by atoms with Gasteiger partial charge in [-0.05, 0) is 38.4 Å². The fourth-order valence-corrected chi connectivity index (χ4v) is 2.38. The van der Waals surface area contributed by atoms with Gasteiger partial charge < -0.3 is 15.3 Å². The number of aliphatic hydroxyl groups excluding tert-OH is 1. The molecule has 1 fully saturated rings. The van der Waals surface area contributed by atoms with Crippen molar-refractivity contribution in [3.8, 4) is 0 Å². The predicted molar refractivity (Wildman–Crippen MR) is 79.4 cm³/mol. The van der Waals surface area contributed by atoms with Gasteiger partial charge in [-0.25, -0.2) is 0 Å². The standard InChI is InChI=1S/C16H24N2O2/c1-3-18(16(20)8-13-9-17-10-13)11-15(19)14-6-4-12(2)5-7-14/h4-7,13,15,17,19H,3,8-11H2,1-2H3. The van der Waals surface area contributed by atoms with Gasteiger partial charge in [0, 0.05) is 13.0 Å². The summed E-state index contributed by atoms with van der Waals surface area (Å²) < 4.78 is 0. The van der Waals surface area contributed by atoms with Gasteiger partial charge in [0.2, 0.25) is 5.91 Å². The predicted octanol–water partition coefficient (Wildman–Crippen LogP) is 1.49. The minimum atomic E-state index is -0.612. The van der Waals surface area contributed by atoms with Crippen LogP contribution in [0.1, 0.15) is 30.6 Å². The molecule has 1 heterocycles. The highest BCUT2D eigenvalue weighted by atomic mass is 16.3. The number of carbonyl (C=O) groups is 1. The number of amides is 1. The van der Waals surface area contributed by atoms with Crippen molar-refractivity contribution in [1.29, 1.82) is 0 Å². The van der Waals surface area contributed by atoms with Crippen LogP contribution in [0.2, 0.25) is 0 Å². The zero-order valence-corrected chi connectivity index (χ0v) is 12.3. The second kappa shape index (κ2) is 6.86. The van der Waals surface area contributed by atoms with E-state index in [1.165, 1.54) is 5.56 Å². The lowest BCUT2D eigenvalue weighted by molar-refractivity contribution is -0.133. The minimum Gasteiger partial charge on any atom is -0.387 e. The molecule has 0 bridgehead atoms. The van der Waals surface area contributed by atoms with E-state index in [1.54, 1.807) is 4.90 Å². The average Bonchev–Trinajstić information content (AvgIpc) is 2.40. The molecule has 1 aromatic rings. The molecule has 0 aromatic heterocycles. The van der Waals surface area contributed by atoms with Crippen LogP contribution in [0.15, 0.2) is 24.3 Å². The van der Waals surface area contributed by atoms with Crippen LogP contribution >= 0.6 is 0 Å². The van der Waals surface area contributed by atoms with Crippen LogP contribution in [0.25, 0.3) is 0 Å². The molecule has 2 rings (SSSR count). The number of hydrogen-bond acceptors (Lipinski definition) is 3. The number of aryl methyl sites for hydroxylation is 1. The Kier molecular flexibility index (Phi) is 5.15. The lowest BCUT2D eigenvalue weighted by Crippen LogP contribution is -2.45. The first kappa shape index (κ1) is 15.0. The highest BCUT2D eigenvalue weighted by molar-refractivity contribution is 5.76. The van der Waals surface area contributed by atoms with Gasteiger partial charge in [-0.2, -0.15) is 0 Å². The molecule has 4 heteroatoms. The number of aliphatic hydroxyl groups is 1. The fourth-order valence-electron chi connectivity index (χ4n) is 2.38. The van der Waals surface area contributed by atoms with Crippen molar-refractivity contribution in [2.24, 2.45) is 5.92 Å². The summed E-state index contributed by atoms with van der Waals surface area (Å²) in [5, 5.41) is 13.4. The molecule has 1 amide bonds. The Hall–Kier alpha value is -1.39. The smallest absolute Gasteiger partial charge is 0.223 e. The summed E-state index contributed by atoms with van der Waals surface area (Å²) in [7, 11) is 0. The maximum Gasteiger partial charge on any atom is 0.223 e. The van der Waals surface area contributed by atoms with Gasteiger partial charge in [0.1, 0.15) is 0 Å². The molecule has 2 N–H and O–H groups in total. The summed E-state index contributed by atoms with van der Waals surface area (Å²) in [5.41, 5.74) is 2.04. The molecule has 1 saturated heterocycles. The monoisotopic (exact) mass is 276 g/mol. The van der Waals surface area contributed by atoms with Crippen molar-refractivity contribution in [3.05, 3.63) is 35.4 Å². The number of rotatable bonds is 6. The lowest BCUT2D eigenvalue weighted by Gasteiger charge is -2.30. The van der Waals surface area contributed by atoms with Crippen molar-refractivity contribution < 1.29 is 9.90 Å². The fraction of sp³-hybridized carbons (Fsp3) is 0.562. The highest BCUT2D eigenvalue weighted by Crippen LogP contribution is 2.17. The molecule has 110 valence electrons. The molecule has 1 unspecified atom stereocenters. The van der Waals surface area contributed by atoms with Gasteiger partial charge in [-0.1, -0.05) is 29.8 Å². The first-order chi connectivity index (χ1) is 9.60. The van der Waals surface area contributed by atoms with E-state index in [1.807, 2.05) is 38.1 Å². The quantitative estimate of drug-likeness (QED) is 0.827. The van der Waals surface area contributed by atoms with E-state index in [-0.39, 0.29) is 5.91 Å². The number of likely N-dealkylation sites (N-methyl/N-ethyl adjacent to an activating group) is 1. The second-order valence-corrected chi connectivity index (χ2v) is 5.59. The first-order valence-corrected chi connectivity index (χ1v) is 7.33. The van der Waals surface area contributed by atoms with Crippen LogP contribution in [0, 0.1) is 12.8 Å². The van der Waals surface area contributed by atoms with Crippen molar-refractivity contribution in [3.63, 3.8) is 0 Å². The minimum absolute atomic E-state index is 0.144. The molecule has 1 atom stereocenters.